The van der Waals surface area contributed by atoms with Gasteiger partial charge in [-0.15, -0.1) is 11.3 Å². The normalized spacial score (nSPS) is 15.8. The van der Waals surface area contributed by atoms with Gasteiger partial charge in [-0.25, -0.2) is 4.98 Å². The minimum absolute atomic E-state index is 0.0259. The van der Waals surface area contributed by atoms with E-state index in [1.807, 2.05) is 43.3 Å². The van der Waals surface area contributed by atoms with E-state index in [0.29, 0.717) is 21.0 Å². The number of rotatable bonds is 4. The second kappa shape index (κ2) is 8.84. The Morgan fingerprint density at radius 2 is 2.00 bits per heavy atom. The summed E-state index contributed by atoms with van der Waals surface area (Å²) in [4.78, 5) is 22.5. The van der Waals surface area contributed by atoms with Crippen LogP contribution in [0.5, 0.6) is 0 Å². The molecule has 0 spiro atoms. The first kappa shape index (κ1) is 22.0. The van der Waals surface area contributed by atoms with Gasteiger partial charge in [0.15, 0.2) is 5.16 Å². The topological polar surface area (TPSA) is 39.3 Å². The SMILES string of the molecule is Cc1ccccc1-n1c(SCc2ccc(Cl)c(Cl)c2)nc2sc3c(c2c1=O)CC[NH+](C)C3. The number of thioether (sulfide) groups is 1. The summed E-state index contributed by atoms with van der Waals surface area (Å²) in [6, 6.07) is 13.6. The van der Waals surface area contributed by atoms with Crippen molar-refractivity contribution in [2.45, 2.75) is 30.8 Å². The third-order valence-electron chi connectivity index (χ3n) is 5.85. The van der Waals surface area contributed by atoms with Crippen molar-refractivity contribution in [2.75, 3.05) is 13.6 Å². The number of nitrogens with one attached hydrogen (secondary N) is 1. The predicted molar refractivity (Wildman–Crippen MR) is 135 cm³/mol. The van der Waals surface area contributed by atoms with Gasteiger partial charge in [-0.2, -0.15) is 0 Å². The number of nitrogens with zero attached hydrogens (tertiary/aromatic N) is 2. The van der Waals surface area contributed by atoms with Gasteiger partial charge in [-0.05, 0) is 41.8 Å². The Morgan fingerprint density at radius 1 is 1.19 bits per heavy atom. The highest BCUT2D eigenvalue weighted by Gasteiger charge is 2.26. The van der Waals surface area contributed by atoms with Gasteiger partial charge in [0.05, 0.1) is 39.6 Å². The average Bonchev–Trinajstić information content (AvgIpc) is 3.13. The number of fused-ring (bicyclic) bond motifs is 3. The molecule has 1 unspecified atom stereocenters. The molecule has 2 aromatic carbocycles. The molecule has 0 radical (unpaired) electrons. The van der Waals surface area contributed by atoms with Gasteiger partial charge >= 0.3 is 0 Å². The zero-order chi connectivity index (χ0) is 22.4. The van der Waals surface area contributed by atoms with Gasteiger partial charge in [0.2, 0.25) is 0 Å². The number of hydrogen-bond donors (Lipinski definition) is 1. The number of benzene rings is 2. The number of aromatic nitrogens is 2. The summed E-state index contributed by atoms with van der Waals surface area (Å²) in [6.07, 6.45) is 0.918. The summed E-state index contributed by atoms with van der Waals surface area (Å²) in [7, 11) is 2.20. The molecule has 1 aliphatic heterocycles. The lowest BCUT2D eigenvalue weighted by Gasteiger charge is -2.19. The third kappa shape index (κ3) is 3.99. The molecule has 0 bridgehead atoms. The number of hydrogen-bond acceptors (Lipinski definition) is 4. The van der Waals surface area contributed by atoms with Crippen molar-refractivity contribution in [3.63, 3.8) is 0 Å². The summed E-state index contributed by atoms with van der Waals surface area (Å²) in [6.45, 7) is 4.02. The fourth-order valence-electron chi connectivity index (χ4n) is 4.14. The van der Waals surface area contributed by atoms with E-state index in [4.69, 9.17) is 28.2 Å². The first-order chi connectivity index (χ1) is 15.4. The predicted octanol–water partition coefficient (Wildman–Crippen LogP) is 4.93. The van der Waals surface area contributed by atoms with E-state index in [1.54, 1.807) is 33.7 Å². The molecule has 0 aliphatic carbocycles. The van der Waals surface area contributed by atoms with Crippen molar-refractivity contribution in [3.05, 3.63) is 84.4 Å². The van der Waals surface area contributed by atoms with Crippen LogP contribution in [0, 0.1) is 6.92 Å². The molecular weight excluding hydrogens is 481 g/mol. The van der Waals surface area contributed by atoms with E-state index in [1.165, 1.54) is 15.3 Å². The number of halogens is 2. The van der Waals surface area contributed by atoms with Crippen LogP contribution >= 0.6 is 46.3 Å². The molecule has 0 saturated carbocycles. The number of quaternary nitrogens is 1. The number of thiophene rings is 1. The minimum atomic E-state index is 0.0259. The van der Waals surface area contributed by atoms with Crippen molar-refractivity contribution in [2.24, 2.45) is 0 Å². The molecular formula is C24H22Cl2N3OS2+. The highest BCUT2D eigenvalue weighted by molar-refractivity contribution is 7.98. The third-order valence-corrected chi connectivity index (χ3v) is 8.72. The molecule has 8 heteroatoms. The number of aryl methyl sites for hydroxylation is 1. The van der Waals surface area contributed by atoms with E-state index < -0.39 is 0 Å². The molecule has 4 nitrogen and oxygen atoms in total. The smallest absolute Gasteiger partial charge is 0.267 e. The molecule has 32 heavy (non-hydrogen) atoms. The lowest BCUT2D eigenvalue weighted by molar-refractivity contribution is -0.895. The molecule has 5 rings (SSSR count). The van der Waals surface area contributed by atoms with Crippen LogP contribution in [-0.2, 0) is 18.7 Å². The average molecular weight is 504 g/mol. The van der Waals surface area contributed by atoms with E-state index in [9.17, 15) is 4.79 Å². The van der Waals surface area contributed by atoms with Crippen LogP contribution in [0.3, 0.4) is 0 Å². The minimum Gasteiger partial charge on any atom is -0.333 e. The van der Waals surface area contributed by atoms with Gasteiger partial charge in [0.25, 0.3) is 5.56 Å². The summed E-state index contributed by atoms with van der Waals surface area (Å²) < 4.78 is 1.79. The van der Waals surface area contributed by atoms with Crippen LogP contribution in [0.25, 0.3) is 15.9 Å². The molecule has 1 aliphatic rings. The molecule has 0 saturated heterocycles. The molecule has 1 N–H and O–H groups in total. The van der Waals surface area contributed by atoms with Crippen molar-refractivity contribution < 1.29 is 4.90 Å². The second-order valence-corrected chi connectivity index (χ2v) is 11.0. The van der Waals surface area contributed by atoms with Gasteiger partial charge in [-0.1, -0.05) is 59.2 Å². The van der Waals surface area contributed by atoms with Crippen LogP contribution in [0.15, 0.2) is 52.4 Å². The summed E-state index contributed by atoms with van der Waals surface area (Å²) in [5.41, 5.74) is 4.17. The Bertz CT molecular complexity index is 1400. The molecule has 2 aromatic heterocycles. The van der Waals surface area contributed by atoms with Crippen LogP contribution in [0.1, 0.15) is 21.6 Å². The van der Waals surface area contributed by atoms with E-state index >= 15 is 0 Å². The van der Waals surface area contributed by atoms with Crippen LogP contribution in [0.4, 0.5) is 0 Å². The van der Waals surface area contributed by atoms with Gasteiger partial charge in [0, 0.05) is 12.2 Å². The quantitative estimate of drug-likeness (QED) is 0.317. The van der Waals surface area contributed by atoms with Crippen molar-refractivity contribution >= 4 is 56.5 Å². The zero-order valence-electron chi connectivity index (χ0n) is 17.7. The second-order valence-electron chi connectivity index (χ2n) is 8.18. The standard InChI is InChI=1S/C24H21Cl2N3OS2/c1-14-5-3-4-6-19(14)29-23(30)21-16-9-10-28(2)12-20(16)32-22(21)27-24(29)31-13-15-7-8-17(25)18(26)11-15/h3-8,11H,9-10,12-13H2,1-2H3/p+1. The van der Waals surface area contributed by atoms with E-state index in [-0.39, 0.29) is 5.56 Å². The van der Waals surface area contributed by atoms with Gasteiger partial charge < -0.3 is 4.90 Å². The Hall–Kier alpha value is -1.83. The van der Waals surface area contributed by atoms with Gasteiger partial charge in [-0.3, -0.25) is 9.36 Å². The lowest BCUT2D eigenvalue weighted by Crippen LogP contribution is -3.08. The monoisotopic (exact) mass is 502 g/mol. The molecule has 1 atom stereocenters. The van der Waals surface area contributed by atoms with Crippen LogP contribution in [-0.4, -0.2) is 23.1 Å². The first-order valence-corrected chi connectivity index (χ1v) is 13.0. The number of likely N-dealkylation sites (N-methyl/N-ethyl adjacent to an activating group) is 1. The highest BCUT2D eigenvalue weighted by Crippen LogP contribution is 2.33. The largest absolute Gasteiger partial charge is 0.333 e. The summed E-state index contributed by atoms with van der Waals surface area (Å²) in [5.74, 6) is 0.638. The van der Waals surface area contributed by atoms with Gasteiger partial charge in [0.1, 0.15) is 11.4 Å². The van der Waals surface area contributed by atoms with Crippen LogP contribution < -0.4 is 10.5 Å². The van der Waals surface area contributed by atoms with Crippen molar-refractivity contribution in [1.29, 1.82) is 0 Å². The maximum absolute atomic E-state index is 13.9. The maximum atomic E-state index is 13.9. The number of para-hydroxylation sites is 1. The fraction of sp³-hybridized carbons (Fsp3) is 0.250. The van der Waals surface area contributed by atoms with E-state index in [2.05, 4.69) is 7.05 Å². The molecule has 0 fully saturated rings. The Labute approximate surface area is 204 Å². The Kier molecular flexibility index (Phi) is 6.07. The van der Waals surface area contributed by atoms with E-state index in [0.717, 1.165) is 46.5 Å². The summed E-state index contributed by atoms with van der Waals surface area (Å²) >= 11 is 15.5. The first-order valence-electron chi connectivity index (χ1n) is 10.4. The summed E-state index contributed by atoms with van der Waals surface area (Å²) in [5, 5.41) is 2.55. The highest BCUT2D eigenvalue weighted by atomic mass is 35.5. The van der Waals surface area contributed by atoms with Crippen molar-refractivity contribution in [1.82, 2.24) is 9.55 Å². The Morgan fingerprint density at radius 3 is 2.78 bits per heavy atom. The molecule has 3 heterocycles. The maximum Gasteiger partial charge on any atom is 0.267 e. The van der Waals surface area contributed by atoms with Crippen molar-refractivity contribution in [3.8, 4) is 5.69 Å². The molecule has 4 aromatic rings. The zero-order valence-corrected chi connectivity index (χ0v) is 20.9. The lowest BCUT2D eigenvalue weighted by atomic mass is 10.1. The molecule has 164 valence electrons. The Balaban J connectivity index is 1.66. The molecule has 0 amide bonds. The fourth-order valence-corrected chi connectivity index (χ4v) is 6.79. The van der Waals surface area contributed by atoms with Crippen LogP contribution in [0.2, 0.25) is 10.0 Å².